The second-order valence-corrected chi connectivity index (χ2v) is 4.61. The highest BCUT2D eigenvalue weighted by Gasteiger charge is 2.03. The lowest BCUT2D eigenvalue weighted by Gasteiger charge is -2.06. The second kappa shape index (κ2) is 10.9. The van der Waals surface area contributed by atoms with E-state index < -0.39 is 0 Å². The van der Waals surface area contributed by atoms with Gasteiger partial charge in [-0.1, -0.05) is 30.6 Å². The number of carbonyl (C=O) groups is 1. The van der Waals surface area contributed by atoms with Gasteiger partial charge in [-0.15, -0.1) is 0 Å². The third-order valence-electron chi connectivity index (χ3n) is 2.87. The molecule has 0 bridgehead atoms. The molecule has 0 spiro atoms. The fourth-order valence-electron chi connectivity index (χ4n) is 1.66. The van der Waals surface area contributed by atoms with E-state index in [9.17, 15) is 4.79 Å². The van der Waals surface area contributed by atoms with Gasteiger partial charge in [-0.2, -0.15) is 0 Å². The average Bonchev–Trinajstić information content (AvgIpc) is 2.52. The van der Waals surface area contributed by atoms with Gasteiger partial charge in [0.15, 0.2) is 0 Å². The van der Waals surface area contributed by atoms with Crippen molar-refractivity contribution in [3.63, 3.8) is 0 Å². The summed E-state index contributed by atoms with van der Waals surface area (Å²) in [5.74, 6) is -0.0706. The number of carbonyl (C=O) groups excluding carboxylic acids is 1. The number of rotatable bonds is 10. The molecule has 0 saturated heterocycles. The Bertz CT molecular complexity index is 430. The molecule has 0 aromatic heterocycles. The number of nitrogens with one attached hydrogen (secondary N) is 1. The van der Waals surface area contributed by atoms with E-state index in [0.29, 0.717) is 18.7 Å². The molecule has 1 rings (SSSR count). The molecule has 0 saturated carbocycles. The molecule has 1 aromatic carbocycles. The molecule has 1 amide bonds. The van der Waals surface area contributed by atoms with Crippen LogP contribution < -0.4 is 5.32 Å². The Morgan fingerprint density at radius 3 is 2.62 bits per heavy atom. The van der Waals surface area contributed by atoms with Crippen LogP contribution in [0.1, 0.15) is 42.1 Å². The average molecular weight is 292 g/mol. The molecule has 0 aliphatic carbocycles. The zero-order chi connectivity index (χ0) is 15.3. The van der Waals surface area contributed by atoms with Crippen LogP contribution in [-0.4, -0.2) is 39.0 Å². The van der Waals surface area contributed by atoms with Crippen molar-refractivity contribution >= 4 is 12.1 Å². The van der Waals surface area contributed by atoms with Crippen LogP contribution in [0.5, 0.6) is 0 Å². The number of hydrogen-bond donors (Lipinski definition) is 1. The van der Waals surface area contributed by atoms with E-state index in [4.69, 9.17) is 4.74 Å². The van der Waals surface area contributed by atoms with Crippen molar-refractivity contribution in [3.05, 3.63) is 35.4 Å². The van der Waals surface area contributed by atoms with Crippen molar-refractivity contribution in [2.45, 2.75) is 26.2 Å². The molecule has 0 atom stereocenters. The van der Waals surface area contributed by atoms with Gasteiger partial charge in [-0.25, -0.2) is 0 Å². The SMILES string of the molecule is CCCCOCCCNC(=O)c1ccc(/C=N/OC)cc1. The van der Waals surface area contributed by atoms with Gasteiger partial charge in [0.2, 0.25) is 0 Å². The topological polar surface area (TPSA) is 59.9 Å². The molecule has 0 aliphatic rings. The fourth-order valence-corrected chi connectivity index (χ4v) is 1.66. The maximum absolute atomic E-state index is 11.9. The zero-order valence-corrected chi connectivity index (χ0v) is 12.8. The Kier molecular flexibility index (Phi) is 8.88. The highest BCUT2D eigenvalue weighted by molar-refractivity contribution is 5.94. The summed E-state index contributed by atoms with van der Waals surface area (Å²) >= 11 is 0. The van der Waals surface area contributed by atoms with Crippen molar-refractivity contribution < 1.29 is 14.4 Å². The van der Waals surface area contributed by atoms with Gasteiger partial charge in [0.25, 0.3) is 5.91 Å². The summed E-state index contributed by atoms with van der Waals surface area (Å²) in [4.78, 5) is 16.5. The monoisotopic (exact) mass is 292 g/mol. The number of nitrogens with zero attached hydrogens (tertiary/aromatic N) is 1. The Hall–Kier alpha value is -1.88. The summed E-state index contributed by atoms with van der Waals surface area (Å²) in [5, 5.41) is 6.54. The zero-order valence-electron chi connectivity index (χ0n) is 12.8. The molecule has 0 aliphatic heterocycles. The van der Waals surface area contributed by atoms with E-state index in [1.165, 1.54) is 7.11 Å². The Labute approximate surface area is 126 Å². The molecule has 0 heterocycles. The number of oxime groups is 1. The van der Waals surface area contributed by atoms with Crippen LogP contribution in [0, 0.1) is 0 Å². The van der Waals surface area contributed by atoms with E-state index in [-0.39, 0.29) is 5.91 Å². The highest BCUT2D eigenvalue weighted by atomic mass is 16.6. The van der Waals surface area contributed by atoms with E-state index in [0.717, 1.165) is 31.4 Å². The molecule has 21 heavy (non-hydrogen) atoms. The molecule has 5 heteroatoms. The number of ether oxygens (including phenoxy) is 1. The summed E-state index contributed by atoms with van der Waals surface area (Å²) in [6, 6.07) is 7.19. The molecule has 0 radical (unpaired) electrons. The molecular formula is C16H24N2O3. The van der Waals surface area contributed by atoms with Crippen LogP contribution in [0.25, 0.3) is 0 Å². The maximum Gasteiger partial charge on any atom is 0.251 e. The van der Waals surface area contributed by atoms with Crippen LogP contribution in [-0.2, 0) is 9.57 Å². The first-order valence-electron chi connectivity index (χ1n) is 7.30. The van der Waals surface area contributed by atoms with Gasteiger partial charge >= 0.3 is 0 Å². The van der Waals surface area contributed by atoms with Crippen molar-refractivity contribution in [2.24, 2.45) is 5.16 Å². The van der Waals surface area contributed by atoms with Crippen molar-refractivity contribution in [3.8, 4) is 0 Å². The molecule has 0 unspecified atom stereocenters. The lowest BCUT2D eigenvalue weighted by Crippen LogP contribution is -2.25. The quantitative estimate of drug-likeness (QED) is 0.409. The summed E-state index contributed by atoms with van der Waals surface area (Å²) in [5.41, 5.74) is 1.52. The maximum atomic E-state index is 11.9. The van der Waals surface area contributed by atoms with Crippen molar-refractivity contribution in [2.75, 3.05) is 26.9 Å². The number of amides is 1. The highest BCUT2D eigenvalue weighted by Crippen LogP contribution is 2.02. The molecular weight excluding hydrogens is 268 g/mol. The Morgan fingerprint density at radius 2 is 1.95 bits per heavy atom. The first kappa shape index (κ1) is 17.2. The lowest BCUT2D eigenvalue weighted by atomic mass is 10.1. The third kappa shape index (κ3) is 7.46. The Morgan fingerprint density at radius 1 is 1.24 bits per heavy atom. The number of hydrogen-bond acceptors (Lipinski definition) is 4. The molecule has 5 nitrogen and oxygen atoms in total. The van der Waals surface area contributed by atoms with Gasteiger partial charge < -0.3 is 14.9 Å². The largest absolute Gasteiger partial charge is 0.399 e. The van der Waals surface area contributed by atoms with Crippen molar-refractivity contribution in [1.29, 1.82) is 0 Å². The molecule has 0 fully saturated rings. The minimum Gasteiger partial charge on any atom is -0.399 e. The van der Waals surface area contributed by atoms with Crippen LogP contribution in [0.2, 0.25) is 0 Å². The summed E-state index contributed by atoms with van der Waals surface area (Å²) in [6.07, 6.45) is 4.65. The smallest absolute Gasteiger partial charge is 0.251 e. The summed E-state index contributed by atoms with van der Waals surface area (Å²) in [7, 11) is 1.49. The van der Waals surface area contributed by atoms with Gasteiger partial charge in [-0.05, 0) is 30.5 Å². The van der Waals surface area contributed by atoms with Crippen LogP contribution in [0.3, 0.4) is 0 Å². The predicted octanol–water partition coefficient (Wildman–Crippen LogP) is 2.60. The van der Waals surface area contributed by atoms with Crippen LogP contribution in [0.15, 0.2) is 29.4 Å². The predicted molar refractivity (Wildman–Crippen MR) is 83.7 cm³/mol. The second-order valence-electron chi connectivity index (χ2n) is 4.61. The Balaban J connectivity index is 2.24. The fraction of sp³-hybridized carbons (Fsp3) is 0.500. The number of unbranched alkanes of at least 4 members (excludes halogenated alkanes) is 1. The van der Waals surface area contributed by atoms with Gasteiger partial charge in [0.1, 0.15) is 7.11 Å². The van der Waals surface area contributed by atoms with Gasteiger partial charge in [0.05, 0.1) is 6.21 Å². The third-order valence-corrected chi connectivity index (χ3v) is 2.87. The molecule has 1 N–H and O–H groups in total. The van der Waals surface area contributed by atoms with Crippen molar-refractivity contribution in [1.82, 2.24) is 5.32 Å². The normalized spacial score (nSPS) is 10.8. The van der Waals surface area contributed by atoms with Gasteiger partial charge in [-0.3, -0.25) is 4.79 Å². The lowest BCUT2D eigenvalue weighted by molar-refractivity contribution is 0.0940. The van der Waals surface area contributed by atoms with E-state index in [2.05, 4.69) is 22.2 Å². The summed E-state index contributed by atoms with van der Waals surface area (Å²) < 4.78 is 5.44. The van der Waals surface area contributed by atoms with Gasteiger partial charge in [0, 0.05) is 25.3 Å². The number of benzene rings is 1. The molecule has 1 aromatic rings. The first-order chi connectivity index (χ1) is 10.3. The van der Waals surface area contributed by atoms with E-state index in [1.54, 1.807) is 18.3 Å². The van der Waals surface area contributed by atoms with Crippen LogP contribution >= 0.6 is 0 Å². The minimum absolute atomic E-state index is 0.0706. The summed E-state index contributed by atoms with van der Waals surface area (Å²) in [6.45, 7) is 4.25. The minimum atomic E-state index is -0.0706. The van der Waals surface area contributed by atoms with Crippen LogP contribution in [0.4, 0.5) is 0 Å². The van der Waals surface area contributed by atoms with E-state index in [1.807, 2.05) is 12.1 Å². The first-order valence-corrected chi connectivity index (χ1v) is 7.30. The van der Waals surface area contributed by atoms with E-state index >= 15 is 0 Å². The standard InChI is InChI=1S/C16H24N2O3/c1-3-4-11-21-12-5-10-17-16(19)15-8-6-14(7-9-15)13-18-20-2/h6-9,13H,3-5,10-12H2,1-2H3,(H,17,19)/b18-13+. The molecule has 116 valence electrons.